The first-order valence-electron chi connectivity index (χ1n) is 6.74. The van der Waals surface area contributed by atoms with Crippen LogP contribution in [0.2, 0.25) is 0 Å². The van der Waals surface area contributed by atoms with E-state index in [1.54, 1.807) is 36.5 Å². The molecule has 0 aliphatic heterocycles. The van der Waals surface area contributed by atoms with E-state index in [1.165, 1.54) is 19.1 Å². The first-order chi connectivity index (χ1) is 10.5. The first kappa shape index (κ1) is 16.1. The van der Waals surface area contributed by atoms with Crippen LogP contribution in [-0.2, 0) is 21.4 Å². The Hall–Kier alpha value is -2.25. The largest absolute Gasteiger partial charge is 0.349 e. The fourth-order valence-electron chi connectivity index (χ4n) is 1.79. The third-order valence-electron chi connectivity index (χ3n) is 2.95. The Kier molecular flexibility index (Phi) is 5.24. The number of hydrogen-bond acceptors (Lipinski definition) is 4. The highest BCUT2D eigenvalue weighted by molar-refractivity contribution is 7.89. The molecule has 22 heavy (non-hydrogen) atoms. The van der Waals surface area contributed by atoms with Gasteiger partial charge in [0.2, 0.25) is 15.9 Å². The second-order valence-corrected chi connectivity index (χ2v) is 6.41. The van der Waals surface area contributed by atoms with Crippen LogP contribution in [0.25, 0.3) is 0 Å². The van der Waals surface area contributed by atoms with Crippen molar-refractivity contribution in [1.82, 2.24) is 15.0 Å². The molecular weight excluding hydrogens is 302 g/mol. The molecule has 0 aliphatic carbocycles. The maximum atomic E-state index is 12.1. The molecule has 0 radical (unpaired) electrons. The van der Waals surface area contributed by atoms with E-state index >= 15 is 0 Å². The number of hydrogen-bond donors (Lipinski definition) is 2. The molecule has 2 aromatic rings. The molecule has 0 bridgehead atoms. The van der Waals surface area contributed by atoms with Crippen molar-refractivity contribution in [2.45, 2.75) is 24.4 Å². The monoisotopic (exact) mass is 319 g/mol. The number of sulfonamides is 1. The zero-order chi connectivity index (χ0) is 16.0. The van der Waals surface area contributed by atoms with Gasteiger partial charge in [0.15, 0.2) is 0 Å². The Bertz CT molecular complexity index is 718. The molecule has 1 atom stereocenters. The molecule has 6 nitrogen and oxygen atoms in total. The number of carbonyl (C=O) groups is 1. The van der Waals surface area contributed by atoms with Gasteiger partial charge in [-0.05, 0) is 31.2 Å². The minimum Gasteiger partial charge on any atom is -0.349 e. The van der Waals surface area contributed by atoms with Gasteiger partial charge in [0.25, 0.3) is 0 Å². The van der Waals surface area contributed by atoms with Crippen LogP contribution in [0.5, 0.6) is 0 Å². The molecule has 0 saturated heterocycles. The fraction of sp³-hybridized carbons (Fsp3) is 0.200. The van der Waals surface area contributed by atoms with E-state index in [-0.39, 0.29) is 11.4 Å². The minimum atomic E-state index is -3.71. The summed E-state index contributed by atoms with van der Waals surface area (Å²) in [7, 11) is -3.71. The smallest absolute Gasteiger partial charge is 0.241 e. The molecule has 0 spiro atoms. The van der Waals surface area contributed by atoms with E-state index in [0.717, 1.165) is 0 Å². The van der Waals surface area contributed by atoms with Crippen LogP contribution in [0.3, 0.4) is 0 Å². The van der Waals surface area contributed by atoms with Crippen LogP contribution < -0.4 is 10.0 Å². The van der Waals surface area contributed by atoms with Gasteiger partial charge in [-0.1, -0.05) is 24.3 Å². The number of rotatable bonds is 6. The summed E-state index contributed by atoms with van der Waals surface area (Å²) in [5, 5.41) is 2.64. The zero-order valence-electron chi connectivity index (χ0n) is 12.1. The standard InChI is InChI=1S/C15H17N3O3S/c1-12(15(19)17-11-13-7-5-6-10-16-13)18-22(20,21)14-8-3-2-4-9-14/h2-10,12,18H,11H2,1H3,(H,17,19)/t12-/m0/s1. The summed E-state index contributed by atoms with van der Waals surface area (Å²) in [6, 6.07) is 12.4. The Labute approximate surface area is 129 Å². The highest BCUT2D eigenvalue weighted by Crippen LogP contribution is 2.08. The van der Waals surface area contributed by atoms with Crippen LogP contribution in [0.4, 0.5) is 0 Å². The number of benzene rings is 1. The van der Waals surface area contributed by atoms with Crippen molar-refractivity contribution in [3.63, 3.8) is 0 Å². The Morgan fingerprint density at radius 3 is 2.45 bits per heavy atom. The number of pyridine rings is 1. The lowest BCUT2D eigenvalue weighted by molar-refractivity contribution is -0.122. The van der Waals surface area contributed by atoms with Gasteiger partial charge in [-0.2, -0.15) is 4.72 Å². The number of carbonyl (C=O) groups excluding carboxylic acids is 1. The van der Waals surface area contributed by atoms with Crippen LogP contribution in [0.15, 0.2) is 59.6 Å². The maximum absolute atomic E-state index is 12.1. The lowest BCUT2D eigenvalue weighted by atomic mass is 10.3. The highest BCUT2D eigenvalue weighted by Gasteiger charge is 2.21. The molecular formula is C15H17N3O3S. The number of nitrogens with one attached hydrogen (secondary N) is 2. The van der Waals surface area contributed by atoms with Crippen LogP contribution in [0, 0.1) is 0 Å². The lowest BCUT2D eigenvalue weighted by Crippen LogP contribution is -2.44. The van der Waals surface area contributed by atoms with Gasteiger partial charge < -0.3 is 5.32 Å². The summed E-state index contributed by atoms with van der Waals surface area (Å²) >= 11 is 0. The normalized spacial score (nSPS) is 12.6. The topological polar surface area (TPSA) is 88.2 Å². The molecule has 0 fully saturated rings. The van der Waals surface area contributed by atoms with E-state index in [1.807, 2.05) is 6.07 Å². The molecule has 0 saturated carbocycles. The Morgan fingerprint density at radius 2 is 1.82 bits per heavy atom. The highest BCUT2D eigenvalue weighted by atomic mass is 32.2. The summed E-state index contributed by atoms with van der Waals surface area (Å²) in [5.74, 6) is -0.412. The van der Waals surface area contributed by atoms with Gasteiger partial charge in [-0.15, -0.1) is 0 Å². The number of nitrogens with zero attached hydrogens (tertiary/aromatic N) is 1. The van der Waals surface area contributed by atoms with Crippen LogP contribution in [0.1, 0.15) is 12.6 Å². The van der Waals surface area contributed by atoms with Crippen molar-refractivity contribution in [1.29, 1.82) is 0 Å². The third kappa shape index (κ3) is 4.37. The average Bonchev–Trinajstić information content (AvgIpc) is 2.54. The molecule has 0 aliphatic rings. The van der Waals surface area contributed by atoms with Crippen molar-refractivity contribution in [2.75, 3.05) is 0 Å². The SMILES string of the molecule is C[C@H](NS(=O)(=O)c1ccccc1)C(=O)NCc1ccccn1. The molecule has 116 valence electrons. The summed E-state index contributed by atoms with van der Waals surface area (Å²) < 4.78 is 26.6. The summed E-state index contributed by atoms with van der Waals surface area (Å²) in [6.07, 6.45) is 1.63. The number of aromatic nitrogens is 1. The van der Waals surface area contributed by atoms with Gasteiger partial charge in [0, 0.05) is 6.20 Å². The van der Waals surface area contributed by atoms with E-state index in [4.69, 9.17) is 0 Å². The van der Waals surface area contributed by atoms with Crippen LogP contribution >= 0.6 is 0 Å². The zero-order valence-corrected chi connectivity index (χ0v) is 12.9. The quantitative estimate of drug-likeness (QED) is 0.833. The molecule has 2 rings (SSSR count). The number of amides is 1. The predicted molar refractivity (Wildman–Crippen MR) is 82.3 cm³/mol. The van der Waals surface area contributed by atoms with Crippen molar-refractivity contribution in [3.05, 3.63) is 60.4 Å². The van der Waals surface area contributed by atoms with Gasteiger partial charge in [-0.25, -0.2) is 8.42 Å². The van der Waals surface area contributed by atoms with Gasteiger partial charge >= 0.3 is 0 Å². The van der Waals surface area contributed by atoms with E-state index < -0.39 is 22.0 Å². The molecule has 7 heteroatoms. The van der Waals surface area contributed by atoms with Crippen molar-refractivity contribution >= 4 is 15.9 Å². The fourth-order valence-corrected chi connectivity index (χ4v) is 3.01. The molecule has 1 amide bonds. The minimum absolute atomic E-state index is 0.124. The first-order valence-corrected chi connectivity index (χ1v) is 8.22. The van der Waals surface area contributed by atoms with Gasteiger partial charge in [-0.3, -0.25) is 9.78 Å². The third-order valence-corrected chi connectivity index (χ3v) is 4.51. The van der Waals surface area contributed by atoms with Crippen molar-refractivity contribution in [2.24, 2.45) is 0 Å². The maximum Gasteiger partial charge on any atom is 0.241 e. The molecule has 1 aromatic carbocycles. The Balaban J connectivity index is 1.94. The second kappa shape index (κ2) is 7.15. The lowest BCUT2D eigenvalue weighted by Gasteiger charge is -2.14. The summed E-state index contributed by atoms with van der Waals surface area (Å²) in [5.41, 5.74) is 0.703. The van der Waals surface area contributed by atoms with Crippen LogP contribution in [-0.4, -0.2) is 25.4 Å². The predicted octanol–water partition coefficient (Wildman–Crippen LogP) is 1.06. The molecule has 1 aromatic heterocycles. The van der Waals surface area contributed by atoms with E-state index in [9.17, 15) is 13.2 Å². The van der Waals surface area contributed by atoms with Crippen molar-refractivity contribution < 1.29 is 13.2 Å². The molecule has 2 N–H and O–H groups in total. The molecule has 0 unspecified atom stereocenters. The van der Waals surface area contributed by atoms with E-state index in [0.29, 0.717) is 5.69 Å². The Morgan fingerprint density at radius 1 is 1.14 bits per heavy atom. The van der Waals surface area contributed by atoms with Gasteiger partial charge in [0.1, 0.15) is 0 Å². The summed E-state index contributed by atoms with van der Waals surface area (Å²) in [6.45, 7) is 1.74. The second-order valence-electron chi connectivity index (χ2n) is 4.69. The van der Waals surface area contributed by atoms with E-state index in [2.05, 4.69) is 15.0 Å². The van der Waals surface area contributed by atoms with Crippen molar-refractivity contribution in [3.8, 4) is 0 Å². The molecule has 1 heterocycles. The van der Waals surface area contributed by atoms with Gasteiger partial charge in [0.05, 0.1) is 23.2 Å². The summed E-state index contributed by atoms with van der Waals surface area (Å²) in [4.78, 5) is 16.2. The average molecular weight is 319 g/mol.